The van der Waals surface area contributed by atoms with Crippen molar-refractivity contribution >= 4 is 38.9 Å². The van der Waals surface area contributed by atoms with Crippen LogP contribution in [0.1, 0.15) is 29.3 Å². The van der Waals surface area contributed by atoms with Crippen LogP contribution >= 0.6 is 11.3 Å². The standard InChI is InChI=1S/C26H24N2O2S/c1-2-18(14-17-8-4-3-5-9-17)26(30)28-20-12-13-21(22(16-20)25(27)29)24-15-19-10-6-7-11-23(19)31-24/h3-13,15-16,18H,2,14H2,1H3,(H2,27,29)(H,28,30). The summed E-state index contributed by atoms with van der Waals surface area (Å²) in [7, 11) is 0. The second-order valence-corrected chi connectivity index (χ2v) is 8.64. The van der Waals surface area contributed by atoms with E-state index in [1.165, 1.54) is 0 Å². The van der Waals surface area contributed by atoms with Gasteiger partial charge in [0.1, 0.15) is 0 Å². The highest BCUT2D eigenvalue weighted by molar-refractivity contribution is 7.22. The van der Waals surface area contributed by atoms with Gasteiger partial charge in [-0.2, -0.15) is 0 Å². The molecule has 3 aromatic carbocycles. The van der Waals surface area contributed by atoms with E-state index in [0.29, 0.717) is 17.7 Å². The quantitative estimate of drug-likeness (QED) is 0.386. The summed E-state index contributed by atoms with van der Waals surface area (Å²) in [4.78, 5) is 26.0. The lowest BCUT2D eigenvalue weighted by Crippen LogP contribution is -2.24. The molecule has 5 heteroatoms. The van der Waals surface area contributed by atoms with Gasteiger partial charge in [-0.3, -0.25) is 9.59 Å². The maximum atomic E-state index is 12.9. The van der Waals surface area contributed by atoms with Crippen LogP contribution in [0.5, 0.6) is 0 Å². The lowest BCUT2D eigenvalue weighted by molar-refractivity contribution is -0.119. The first kappa shape index (κ1) is 20.8. The number of benzene rings is 3. The van der Waals surface area contributed by atoms with Crippen molar-refractivity contribution in [3.8, 4) is 10.4 Å². The van der Waals surface area contributed by atoms with Crippen LogP contribution in [0.25, 0.3) is 20.5 Å². The average molecular weight is 429 g/mol. The van der Waals surface area contributed by atoms with Gasteiger partial charge in [-0.25, -0.2) is 0 Å². The van der Waals surface area contributed by atoms with Crippen molar-refractivity contribution in [1.82, 2.24) is 0 Å². The maximum Gasteiger partial charge on any atom is 0.249 e. The number of nitrogens with two attached hydrogens (primary N) is 1. The molecule has 1 atom stereocenters. The molecule has 4 nitrogen and oxygen atoms in total. The molecule has 0 aliphatic heterocycles. The molecule has 1 aromatic heterocycles. The van der Waals surface area contributed by atoms with Crippen molar-refractivity contribution in [1.29, 1.82) is 0 Å². The van der Waals surface area contributed by atoms with Gasteiger partial charge >= 0.3 is 0 Å². The molecule has 0 bridgehead atoms. The SMILES string of the molecule is CCC(Cc1ccccc1)C(=O)Nc1ccc(-c2cc3ccccc3s2)c(C(N)=O)c1. The first-order chi connectivity index (χ1) is 15.0. The van der Waals surface area contributed by atoms with E-state index in [1.54, 1.807) is 17.4 Å². The lowest BCUT2D eigenvalue weighted by atomic mass is 9.96. The molecule has 1 heterocycles. The molecule has 156 valence electrons. The molecule has 4 aromatic rings. The van der Waals surface area contributed by atoms with Crippen LogP contribution in [0.2, 0.25) is 0 Å². The molecular weight excluding hydrogens is 404 g/mol. The number of amides is 2. The molecule has 0 aliphatic carbocycles. The summed E-state index contributed by atoms with van der Waals surface area (Å²) in [6.45, 7) is 2.01. The first-order valence-electron chi connectivity index (χ1n) is 10.3. The number of nitrogens with one attached hydrogen (secondary N) is 1. The number of thiophene rings is 1. The molecule has 0 radical (unpaired) electrons. The number of rotatable bonds is 7. The molecule has 0 spiro atoms. The predicted octanol–water partition coefficient (Wildman–Crippen LogP) is 5.87. The number of anilines is 1. The van der Waals surface area contributed by atoms with Gasteiger partial charge in [0.15, 0.2) is 0 Å². The number of hydrogen-bond acceptors (Lipinski definition) is 3. The van der Waals surface area contributed by atoms with E-state index in [9.17, 15) is 9.59 Å². The van der Waals surface area contributed by atoms with E-state index < -0.39 is 5.91 Å². The Morgan fingerprint density at radius 1 is 0.968 bits per heavy atom. The Hall–Kier alpha value is -3.44. The Morgan fingerprint density at radius 3 is 2.42 bits per heavy atom. The van der Waals surface area contributed by atoms with Gasteiger partial charge in [0.05, 0.1) is 0 Å². The molecule has 0 fully saturated rings. The zero-order chi connectivity index (χ0) is 21.8. The summed E-state index contributed by atoms with van der Waals surface area (Å²) in [5, 5.41) is 4.10. The van der Waals surface area contributed by atoms with E-state index in [0.717, 1.165) is 32.5 Å². The fourth-order valence-electron chi connectivity index (χ4n) is 3.72. The van der Waals surface area contributed by atoms with Crippen LogP contribution in [0, 0.1) is 5.92 Å². The third-order valence-corrected chi connectivity index (χ3v) is 6.58. The summed E-state index contributed by atoms with van der Waals surface area (Å²) in [6.07, 6.45) is 1.40. The van der Waals surface area contributed by atoms with Gasteiger partial charge in [0, 0.05) is 32.3 Å². The molecule has 0 saturated carbocycles. The van der Waals surface area contributed by atoms with Gasteiger partial charge in [0.2, 0.25) is 11.8 Å². The van der Waals surface area contributed by atoms with Crippen molar-refractivity contribution in [3.63, 3.8) is 0 Å². The van der Waals surface area contributed by atoms with Crippen molar-refractivity contribution in [3.05, 3.63) is 90.0 Å². The minimum atomic E-state index is -0.514. The highest BCUT2D eigenvalue weighted by atomic mass is 32.1. The van der Waals surface area contributed by atoms with Crippen LogP contribution in [0.15, 0.2) is 78.9 Å². The van der Waals surface area contributed by atoms with Crippen LogP contribution in [0.3, 0.4) is 0 Å². The highest BCUT2D eigenvalue weighted by Crippen LogP contribution is 2.36. The summed E-state index contributed by atoms with van der Waals surface area (Å²) in [6, 6.07) is 25.5. The second-order valence-electron chi connectivity index (χ2n) is 7.56. The largest absolute Gasteiger partial charge is 0.366 e. The molecule has 4 rings (SSSR count). The summed E-state index contributed by atoms with van der Waals surface area (Å²) < 4.78 is 1.15. The van der Waals surface area contributed by atoms with E-state index in [1.807, 2.05) is 67.6 Å². The van der Waals surface area contributed by atoms with Crippen LogP contribution in [0.4, 0.5) is 5.69 Å². The lowest BCUT2D eigenvalue weighted by Gasteiger charge is -2.16. The fourth-order valence-corrected chi connectivity index (χ4v) is 4.82. The monoisotopic (exact) mass is 428 g/mol. The van der Waals surface area contributed by atoms with Crippen molar-refractivity contribution in [2.24, 2.45) is 11.7 Å². The van der Waals surface area contributed by atoms with Crippen molar-refractivity contribution < 1.29 is 9.59 Å². The molecule has 2 amide bonds. The highest BCUT2D eigenvalue weighted by Gasteiger charge is 2.19. The van der Waals surface area contributed by atoms with E-state index in [2.05, 4.69) is 17.4 Å². The maximum absolute atomic E-state index is 12.9. The number of carbonyl (C=O) groups is 2. The van der Waals surface area contributed by atoms with Crippen LogP contribution < -0.4 is 11.1 Å². The van der Waals surface area contributed by atoms with E-state index >= 15 is 0 Å². The molecule has 3 N–H and O–H groups in total. The number of hydrogen-bond donors (Lipinski definition) is 2. The second kappa shape index (κ2) is 9.14. The summed E-state index contributed by atoms with van der Waals surface area (Å²) in [5.41, 5.74) is 8.58. The van der Waals surface area contributed by atoms with Crippen LogP contribution in [-0.4, -0.2) is 11.8 Å². The topological polar surface area (TPSA) is 72.2 Å². The minimum absolute atomic E-state index is 0.0589. The summed E-state index contributed by atoms with van der Waals surface area (Å²) >= 11 is 1.62. The first-order valence-corrected chi connectivity index (χ1v) is 11.1. The van der Waals surface area contributed by atoms with Crippen molar-refractivity contribution in [2.75, 3.05) is 5.32 Å². The van der Waals surface area contributed by atoms with E-state index in [4.69, 9.17) is 5.73 Å². The Bertz CT molecular complexity index is 1200. The third-order valence-electron chi connectivity index (χ3n) is 5.43. The Kier molecular flexibility index (Phi) is 6.14. The molecule has 31 heavy (non-hydrogen) atoms. The van der Waals surface area contributed by atoms with Crippen molar-refractivity contribution in [2.45, 2.75) is 19.8 Å². The van der Waals surface area contributed by atoms with Gasteiger partial charge in [0.25, 0.3) is 0 Å². The zero-order valence-electron chi connectivity index (χ0n) is 17.3. The predicted molar refractivity (Wildman–Crippen MR) is 128 cm³/mol. The van der Waals surface area contributed by atoms with Gasteiger partial charge in [-0.05, 0) is 48.1 Å². The summed E-state index contributed by atoms with van der Waals surface area (Å²) in [5.74, 6) is -0.724. The Morgan fingerprint density at radius 2 is 1.71 bits per heavy atom. The zero-order valence-corrected chi connectivity index (χ0v) is 18.1. The molecule has 0 aliphatic rings. The molecule has 1 unspecified atom stereocenters. The minimum Gasteiger partial charge on any atom is -0.366 e. The average Bonchev–Trinajstić information content (AvgIpc) is 3.22. The normalized spacial score (nSPS) is 11.9. The Balaban J connectivity index is 1.58. The number of carbonyl (C=O) groups excluding carboxylic acids is 2. The van der Waals surface area contributed by atoms with Gasteiger partial charge in [-0.1, -0.05) is 61.5 Å². The molecule has 0 saturated heterocycles. The smallest absolute Gasteiger partial charge is 0.249 e. The van der Waals surface area contributed by atoms with Gasteiger partial charge in [-0.15, -0.1) is 11.3 Å². The Labute approximate surface area is 185 Å². The van der Waals surface area contributed by atoms with E-state index in [-0.39, 0.29) is 11.8 Å². The van der Waals surface area contributed by atoms with Gasteiger partial charge < -0.3 is 11.1 Å². The number of primary amides is 1. The third kappa shape index (κ3) is 4.67. The van der Waals surface area contributed by atoms with Crippen LogP contribution in [-0.2, 0) is 11.2 Å². The fraction of sp³-hybridized carbons (Fsp3) is 0.154. The number of fused-ring (bicyclic) bond motifs is 1. The molecular formula is C26H24N2O2S.